The molecule has 102 valence electrons. The minimum atomic E-state index is -0.324. The Labute approximate surface area is 121 Å². The molecule has 0 aliphatic carbocycles. The van der Waals surface area contributed by atoms with Crippen LogP contribution in [0.2, 0.25) is 0 Å². The molecule has 0 bridgehead atoms. The lowest BCUT2D eigenvalue weighted by Gasteiger charge is -2.22. The lowest BCUT2D eigenvalue weighted by molar-refractivity contribution is -0.387. The van der Waals surface area contributed by atoms with Gasteiger partial charge in [-0.25, -0.2) is 0 Å². The third kappa shape index (κ3) is 2.25. The van der Waals surface area contributed by atoms with Crippen molar-refractivity contribution in [2.24, 2.45) is 0 Å². The Morgan fingerprint density at radius 1 is 1.20 bits per heavy atom. The molecule has 20 heavy (non-hydrogen) atoms. The quantitative estimate of drug-likeness (QED) is 0.485. The lowest BCUT2D eigenvalue weighted by Crippen LogP contribution is -2.21. The summed E-state index contributed by atoms with van der Waals surface area (Å²) >= 11 is 1.45. The largest absolute Gasteiger partial charge is 0.309 e. The fraction of sp³-hybridized carbons (Fsp3) is 0.200. The van der Waals surface area contributed by atoms with Gasteiger partial charge in [0, 0.05) is 12.1 Å². The molecule has 0 amide bonds. The van der Waals surface area contributed by atoms with Gasteiger partial charge in [0.25, 0.3) is 5.69 Å². The molecule has 4 nitrogen and oxygen atoms in total. The molecular weight excluding hydrogens is 272 g/mol. The summed E-state index contributed by atoms with van der Waals surface area (Å²) in [6.45, 7) is 2.14. The van der Waals surface area contributed by atoms with Gasteiger partial charge in [0.2, 0.25) is 0 Å². The monoisotopic (exact) mass is 286 g/mol. The molecule has 0 fully saturated rings. The normalized spacial score (nSPS) is 17.1. The maximum absolute atomic E-state index is 11.1. The van der Waals surface area contributed by atoms with Crippen LogP contribution < -0.4 is 4.31 Å². The number of benzene rings is 2. The highest BCUT2D eigenvalue weighted by Gasteiger charge is 2.28. The third-order valence-electron chi connectivity index (χ3n) is 3.40. The first-order valence-electron chi connectivity index (χ1n) is 6.45. The smallest absolute Gasteiger partial charge is 0.284 e. The predicted octanol–water partition coefficient (Wildman–Crippen LogP) is 4.05. The standard InChI is InChI=1S/C15H14N2O2S/c1-11-10-12-6-2-3-7-13(12)16(11)20-15-9-5-4-8-14(15)17(18)19/h2-9,11H,10H2,1H3. The van der Waals surface area contributed by atoms with E-state index in [0.29, 0.717) is 10.9 Å². The van der Waals surface area contributed by atoms with Crippen molar-refractivity contribution in [3.8, 4) is 0 Å². The van der Waals surface area contributed by atoms with Crippen molar-refractivity contribution in [1.29, 1.82) is 0 Å². The second-order valence-corrected chi connectivity index (χ2v) is 5.84. The first-order valence-corrected chi connectivity index (χ1v) is 7.22. The summed E-state index contributed by atoms with van der Waals surface area (Å²) in [4.78, 5) is 11.5. The summed E-state index contributed by atoms with van der Waals surface area (Å²) in [5.74, 6) is 0. The molecule has 0 saturated heterocycles. The van der Waals surface area contributed by atoms with E-state index in [0.717, 1.165) is 12.1 Å². The highest BCUT2D eigenvalue weighted by Crippen LogP contribution is 2.42. The summed E-state index contributed by atoms with van der Waals surface area (Å²) in [5, 5.41) is 11.1. The van der Waals surface area contributed by atoms with Gasteiger partial charge in [-0.15, -0.1) is 0 Å². The number of para-hydroxylation sites is 2. The number of fused-ring (bicyclic) bond motifs is 1. The fourth-order valence-corrected chi connectivity index (χ4v) is 3.59. The first-order chi connectivity index (χ1) is 9.66. The molecule has 1 atom stereocenters. The fourth-order valence-electron chi connectivity index (χ4n) is 2.47. The summed E-state index contributed by atoms with van der Waals surface area (Å²) in [5.41, 5.74) is 2.61. The van der Waals surface area contributed by atoms with Crippen molar-refractivity contribution in [3.63, 3.8) is 0 Å². The van der Waals surface area contributed by atoms with Crippen LogP contribution in [0.3, 0.4) is 0 Å². The maximum Gasteiger partial charge on any atom is 0.284 e. The van der Waals surface area contributed by atoms with Crippen molar-refractivity contribution in [2.45, 2.75) is 24.3 Å². The average molecular weight is 286 g/mol. The van der Waals surface area contributed by atoms with E-state index in [-0.39, 0.29) is 10.6 Å². The van der Waals surface area contributed by atoms with Crippen LogP contribution in [0.4, 0.5) is 11.4 Å². The van der Waals surface area contributed by atoms with Crippen molar-refractivity contribution in [3.05, 3.63) is 64.2 Å². The number of hydrogen-bond donors (Lipinski definition) is 0. The van der Waals surface area contributed by atoms with Crippen LogP contribution in [0, 0.1) is 10.1 Å². The number of nitro benzene ring substituents is 1. The molecule has 1 unspecified atom stereocenters. The van der Waals surface area contributed by atoms with Crippen molar-refractivity contribution < 1.29 is 4.92 Å². The second kappa shape index (κ2) is 5.17. The Hall–Kier alpha value is -2.01. The zero-order valence-corrected chi connectivity index (χ0v) is 11.8. The van der Waals surface area contributed by atoms with Gasteiger partial charge < -0.3 is 4.31 Å². The highest BCUT2D eigenvalue weighted by atomic mass is 32.2. The zero-order valence-electron chi connectivity index (χ0n) is 11.0. The molecule has 1 aliphatic heterocycles. The van der Waals surface area contributed by atoms with Crippen molar-refractivity contribution in [2.75, 3.05) is 4.31 Å². The predicted molar refractivity (Wildman–Crippen MR) is 81.0 cm³/mol. The van der Waals surface area contributed by atoms with Gasteiger partial charge in [0.05, 0.1) is 10.6 Å². The molecule has 0 radical (unpaired) electrons. The van der Waals surface area contributed by atoms with E-state index in [1.807, 2.05) is 18.2 Å². The lowest BCUT2D eigenvalue weighted by atomic mass is 10.1. The van der Waals surface area contributed by atoms with E-state index >= 15 is 0 Å². The first kappa shape index (κ1) is 13.0. The Bertz CT molecular complexity index is 660. The van der Waals surface area contributed by atoms with Gasteiger partial charge in [0.15, 0.2) is 0 Å². The summed E-state index contributed by atoms with van der Waals surface area (Å²) in [7, 11) is 0. The minimum Gasteiger partial charge on any atom is -0.309 e. The number of nitro groups is 1. The van der Waals surface area contributed by atoms with Gasteiger partial charge in [-0.2, -0.15) is 0 Å². The van der Waals surface area contributed by atoms with Crippen LogP contribution in [0.5, 0.6) is 0 Å². The van der Waals surface area contributed by atoms with E-state index < -0.39 is 0 Å². The average Bonchev–Trinajstić information content (AvgIpc) is 2.76. The number of hydrogen-bond acceptors (Lipinski definition) is 4. The summed E-state index contributed by atoms with van der Waals surface area (Å²) in [6, 6.07) is 15.4. The van der Waals surface area contributed by atoms with E-state index in [4.69, 9.17) is 0 Å². The molecule has 0 saturated carbocycles. The molecular formula is C15H14N2O2S. The van der Waals surface area contributed by atoms with Gasteiger partial charge >= 0.3 is 0 Å². The number of rotatable bonds is 3. The van der Waals surface area contributed by atoms with Crippen LogP contribution in [0.1, 0.15) is 12.5 Å². The third-order valence-corrected chi connectivity index (χ3v) is 4.70. The number of anilines is 1. The molecule has 5 heteroatoms. The Morgan fingerprint density at radius 2 is 1.90 bits per heavy atom. The summed E-state index contributed by atoms with van der Waals surface area (Å²) < 4.78 is 2.16. The molecule has 0 N–H and O–H groups in total. The van der Waals surface area contributed by atoms with Crippen LogP contribution in [-0.2, 0) is 6.42 Å². The van der Waals surface area contributed by atoms with Gasteiger partial charge in [0.1, 0.15) is 4.90 Å². The van der Waals surface area contributed by atoms with E-state index in [1.54, 1.807) is 18.2 Å². The molecule has 3 rings (SSSR count). The molecule has 1 heterocycles. The molecule has 0 spiro atoms. The highest BCUT2D eigenvalue weighted by molar-refractivity contribution is 8.00. The zero-order chi connectivity index (χ0) is 14.1. The van der Waals surface area contributed by atoms with Crippen LogP contribution in [0.25, 0.3) is 0 Å². The summed E-state index contributed by atoms with van der Waals surface area (Å²) in [6.07, 6.45) is 0.976. The second-order valence-electron chi connectivity index (χ2n) is 4.82. The Kier molecular flexibility index (Phi) is 3.36. The van der Waals surface area contributed by atoms with Crippen molar-refractivity contribution >= 4 is 23.3 Å². The van der Waals surface area contributed by atoms with E-state index in [2.05, 4.69) is 23.4 Å². The van der Waals surface area contributed by atoms with Gasteiger partial charge in [-0.1, -0.05) is 30.3 Å². The van der Waals surface area contributed by atoms with Crippen LogP contribution in [0.15, 0.2) is 53.4 Å². The van der Waals surface area contributed by atoms with Gasteiger partial charge in [-0.05, 0) is 43.0 Å². The SMILES string of the molecule is CC1Cc2ccccc2N1Sc1ccccc1[N+](=O)[O-]. The van der Waals surface area contributed by atoms with E-state index in [1.165, 1.54) is 17.5 Å². The molecule has 2 aromatic carbocycles. The minimum absolute atomic E-state index is 0.161. The van der Waals surface area contributed by atoms with Crippen molar-refractivity contribution in [1.82, 2.24) is 0 Å². The van der Waals surface area contributed by atoms with Crippen LogP contribution >= 0.6 is 11.9 Å². The number of nitrogens with zero attached hydrogens (tertiary/aromatic N) is 2. The Balaban J connectivity index is 1.94. The van der Waals surface area contributed by atoms with Gasteiger partial charge in [-0.3, -0.25) is 10.1 Å². The maximum atomic E-state index is 11.1. The molecule has 0 aromatic heterocycles. The molecule has 2 aromatic rings. The van der Waals surface area contributed by atoms with E-state index in [9.17, 15) is 10.1 Å². The van der Waals surface area contributed by atoms with Crippen LogP contribution in [-0.4, -0.2) is 11.0 Å². The topological polar surface area (TPSA) is 46.4 Å². The molecule has 1 aliphatic rings. The Morgan fingerprint density at radius 3 is 2.70 bits per heavy atom.